The highest BCUT2D eigenvalue weighted by Crippen LogP contribution is 2.19. The molecule has 2 rings (SSSR count). The topological polar surface area (TPSA) is 32.3 Å². The molecule has 0 atom stereocenters. The molecule has 0 spiro atoms. The molecule has 1 aromatic carbocycles. The molecule has 116 valence electrons. The van der Waals surface area contributed by atoms with Gasteiger partial charge in [0, 0.05) is 24.4 Å². The lowest BCUT2D eigenvalue weighted by atomic mass is 9.96. The lowest BCUT2D eigenvalue weighted by Crippen LogP contribution is -2.40. The molecular formula is C17H26N2OS. The summed E-state index contributed by atoms with van der Waals surface area (Å²) in [5, 5.41) is 3.23. The number of thioether (sulfide) groups is 1. The van der Waals surface area contributed by atoms with Gasteiger partial charge in [0.2, 0.25) is 0 Å². The maximum atomic E-state index is 12.5. The minimum atomic E-state index is 0.188. The van der Waals surface area contributed by atoms with Crippen LogP contribution in [0.25, 0.3) is 0 Å². The second-order valence-electron chi connectivity index (χ2n) is 5.63. The highest BCUT2D eigenvalue weighted by molar-refractivity contribution is 7.98. The number of hydrogen-bond donors (Lipinski definition) is 1. The molecule has 1 aliphatic heterocycles. The number of nitrogens with zero attached hydrogens (tertiary/aromatic N) is 1. The van der Waals surface area contributed by atoms with Crippen LogP contribution in [-0.2, 0) is 5.75 Å². The van der Waals surface area contributed by atoms with Crippen molar-refractivity contribution in [3.63, 3.8) is 0 Å². The van der Waals surface area contributed by atoms with Crippen LogP contribution in [0.15, 0.2) is 24.3 Å². The number of carbonyl (C=O) groups is 1. The van der Waals surface area contributed by atoms with E-state index in [-0.39, 0.29) is 5.91 Å². The monoisotopic (exact) mass is 306 g/mol. The molecule has 21 heavy (non-hydrogen) atoms. The van der Waals surface area contributed by atoms with Crippen LogP contribution in [0.1, 0.15) is 35.7 Å². The first-order valence-electron chi connectivity index (χ1n) is 7.85. The Hall–Kier alpha value is -1.00. The average Bonchev–Trinajstić information content (AvgIpc) is 2.54. The maximum absolute atomic E-state index is 12.5. The number of likely N-dealkylation sites (tertiary alicyclic amines) is 1. The Bertz CT molecular complexity index is 439. The second-order valence-corrected chi connectivity index (χ2v) is 6.90. The first-order chi connectivity index (χ1) is 10.2. The van der Waals surface area contributed by atoms with Gasteiger partial charge >= 0.3 is 0 Å². The third kappa shape index (κ3) is 4.75. The molecule has 1 fully saturated rings. The fourth-order valence-corrected chi connectivity index (χ4v) is 3.41. The zero-order chi connectivity index (χ0) is 15.1. The van der Waals surface area contributed by atoms with E-state index in [2.05, 4.69) is 24.4 Å². The maximum Gasteiger partial charge on any atom is 0.253 e. The van der Waals surface area contributed by atoms with Crippen LogP contribution in [0.5, 0.6) is 0 Å². The van der Waals surface area contributed by atoms with Crippen molar-refractivity contribution in [2.24, 2.45) is 5.92 Å². The van der Waals surface area contributed by atoms with Crippen LogP contribution in [-0.4, -0.2) is 43.2 Å². The van der Waals surface area contributed by atoms with Crippen LogP contribution in [0, 0.1) is 5.92 Å². The lowest BCUT2D eigenvalue weighted by Gasteiger charge is -2.32. The minimum Gasteiger partial charge on any atom is -0.339 e. The number of benzene rings is 1. The lowest BCUT2D eigenvalue weighted by molar-refractivity contribution is 0.0691. The van der Waals surface area contributed by atoms with E-state index in [0.717, 1.165) is 49.5 Å². The van der Waals surface area contributed by atoms with Gasteiger partial charge in [0.25, 0.3) is 5.91 Å². The summed E-state index contributed by atoms with van der Waals surface area (Å²) in [6.45, 7) is 5.00. The van der Waals surface area contributed by atoms with Crippen molar-refractivity contribution < 1.29 is 4.79 Å². The van der Waals surface area contributed by atoms with Crippen LogP contribution in [0.2, 0.25) is 0 Å². The molecule has 0 unspecified atom stereocenters. The molecule has 1 aromatic rings. The van der Waals surface area contributed by atoms with Crippen LogP contribution in [0.3, 0.4) is 0 Å². The van der Waals surface area contributed by atoms with Gasteiger partial charge in [-0.15, -0.1) is 0 Å². The van der Waals surface area contributed by atoms with Crippen LogP contribution >= 0.6 is 11.8 Å². The Balaban J connectivity index is 1.88. The van der Waals surface area contributed by atoms with E-state index in [1.807, 2.05) is 35.8 Å². The highest BCUT2D eigenvalue weighted by atomic mass is 32.2. The molecule has 0 aromatic heterocycles. The van der Waals surface area contributed by atoms with Crippen molar-refractivity contribution >= 4 is 17.7 Å². The van der Waals surface area contributed by atoms with Crippen molar-refractivity contribution in [1.82, 2.24) is 10.2 Å². The third-order valence-electron chi connectivity index (χ3n) is 4.07. The third-order valence-corrected chi connectivity index (χ3v) is 5.01. The zero-order valence-corrected chi connectivity index (χ0v) is 13.9. The fraction of sp³-hybridized carbons (Fsp3) is 0.588. The van der Waals surface area contributed by atoms with Gasteiger partial charge in [0.1, 0.15) is 0 Å². The van der Waals surface area contributed by atoms with Crippen molar-refractivity contribution in [1.29, 1.82) is 0 Å². The van der Waals surface area contributed by atoms with E-state index in [1.165, 1.54) is 5.56 Å². The van der Waals surface area contributed by atoms with E-state index in [4.69, 9.17) is 0 Å². The summed E-state index contributed by atoms with van der Waals surface area (Å²) in [5.74, 6) is 3.06. The summed E-state index contributed by atoms with van der Waals surface area (Å²) in [6.07, 6.45) is 2.22. The summed E-state index contributed by atoms with van der Waals surface area (Å²) >= 11 is 1.91. The smallest absolute Gasteiger partial charge is 0.253 e. The zero-order valence-electron chi connectivity index (χ0n) is 13.1. The molecule has 1 heterocycles. The van der Waals surface area contributed by atoms with Gasteiger partial charge in [-0.3, -0.25) is 4.79 Å². The van der Waals surface area contributed by atoms with E-state index >= 15 is 0 Å². The summed E-state index contributed by atoms with van der Waals surface area (Å²) in [5.41, 5.74) is 2.12. The highest BCUT2D eigenvalue weighted by Gasteiger charge is 2.23. The predicted molar refractivity (Wildman–Crippen MR) is 90.8 cm³/mol. The average molecular weight is 306 g/mol. The number of rotatable bonds is 6. The molecule has 1 amide bonds. The summed E-state index contributed by atoms with van der Waals surface area (Å²) < 4.78 is 0. The van der Waals surface area contributed by atoms with E-state index in [1.54, 1.807) is 0 Å². The van der Waals surface area contributed by atoms with Crippen molar-refractivity contribution in [3.8, 4) is 0 Å². The number of piperidine rings is 1. The number of carbonyl (C=O) groups excluding carboxylic acids is 1. The molecule has 1 aliphatic rings. The number of amides is 1. The van der Waals surface area contributed by atoms with Crippen molar-refractivity contribution in [2.75, 3.05) is 32.4 Å². The predicted octanol–water partition coefficient (Wildman–Crippen LogP) is 3.01. The van der Waals surface area contributed by atoms with Crippen molar-refractivity contribution in [2.45, 2.75) is 25.5 Å². The Morgan fingerprint density at radius 2 is 1.95 bits per heavy atom. The van der Waals surface area contributed by atoms with Gasteiger partial charge in [-0.25, -0.2) is 0 Å². The quantitative estimate of drug-likeness (QED) is 0.877. The molecule has 1 saturated heterocycles. The van der Waals surface area contributed by atoms with Gasteiger partial charge in [-0.05, 0) is 55.8 Å². The Morgan fingerprint density at radius 3 is 2.52 bits per heavy atom. The number of nitrogens with one attached hydrogen (secondary N) is 1. The summed E-state index contributed by atoms with van der Waals surface area (Å²) in [4.78, 5) is 14.5. The summed E-state index contributed by atoms with van der Waals surface area (Å²) in [6, 6.07) is 8.13. The normalized spacial score (nSPS) is 16.2. The molecule has 4 heteroatoms. The van der Waals surface area contributed by atoms with E-state index < -0.39 is 0 Å². The molecule has 0 aliphatic carbocycles. The van der Waals surface area contributed by atoms with Crippen LogP contribution < -0.4 is 5.32 Å². The van der Waals surface area contributed by atoms with Crippen LogP contribution in [0.4, 0.5) is 0 Å². The standard InChI is InChI=1S/C17H26N2OS/c1-3-21-13-15-4-6-16(7-5-15)17(20)19-10-8-14(9-11-19)12-18-2/h4-7,14,18H,3,8-13H2,1-2H3. The molecule has 0 saturated carbocycles. The second kappa shape index (κ2) is 8.44. The molecule has 3 nitrogen and oxygen atoms in total. The van der Waals surface area contributed by atoms with E-state index in [0.29, 0.717) is 5.92 Å². The molecular weight excluding hydrogens is 280 g/mol. The fourth-order valence-electron chi connectivity index (χ4n) is 2.77. The Labute approximate surface area is 132 Å². The van der Waals surface area contributed by atoms with Gasteiger partial charge < -0.3 is 10.2 Å². The SMILES string of the molecule is CCSCc1ccc(C(=O)N2CCC(CNC)CC2)cc1. The summed E-state index contributed by atoms with van der Waals surface area (Å²) in [7, 11) is 2.00. The van der Waals surface area contributed by atoms with Crippen molar-refractivity contribution in [3.05, 3.63) is 35.4 Å². The van der Waals surface area contributed by atoms with E-state index in [9.17, 15) is 4.79 Å². The van der Waals surface area contributed by atoms with Gasteiger partial charge in [-0.2, -0.15) is 11.8 Å². The molecule has 0 radical (unpaired) electrons. The van der Waals surface area contributed by atoms with Gasteiger partial charge in [-0.1, -0.05) is 19.1 Å². The first-order valence-corrected chi connectivity index (χ1v) is 9.00. The molecule has 0 bridgehead atoms. The molecule has 1 N–H and O–H groups in total. The van der Waals surface area contributed by atoms with Gasteiger partial charge in [0.15, 0.2) is 0 Å². The number of hydrogen-bond acceptors (Lipinski definition) is 3. The first kappa shape index (κ1) is 16.4. The van der Waals surface area contributed by atoms with Gasteiger partial charge in [0.05, 0.1) is 0 Å². The largest absolute Gasteiger partial charge is 0.339 e. The Morgan fingerprint density at radius 1 is 1.29 bits per heavy atom. The minimum absolute atomic E-state index is 0.188. The Kier molecular flexibility index (Phi) is 6.58.